The number of amides is 1. The Labute approximate surface area is 228 Å². The van der Waals surface area contributed by atoms with E-state index in [-0.39, 0.29) is 27.6 Å². The first-order valence-electron chi connectivity index (χ1n) is 12.3. The van der Waals surface area contributed by atoms with E-state index in [9.17, 15) is 36.3 Å². The fraction of sp³-hybridized carbons (Fsp3) is 0.250. The van der Waals surface area contributed by atoms with Gasteiger partial charge in [-0.25, -0.2) is 8.42 Å². The molecule has 0 radical (unpaired) electrons. The Kier molecular flexibility index (Phi) is 8.13. The van der Waals surface area contributed by atoms with Crippen molar-refractivity contribution < 1.29 is 36.3 Å². The van der Waals surface area contributed by atoms with E-state index in [1.165, 1.54) is 31.2 Å². The molecule has 0 fully saturated rings. The van der Waals surface area contributed by atoms with Crippen molar-refractivity contribution in [2.75, 3.05) is 12.4 Å². The van der Waals surface area contributed by atoms with Gasteiger partial charge in [-0.1, -0.05) is 19.1 Å². The number of nitrogens with one attached hydrogen (secondary N) is 1. The van der Waals surface area contributed by atoms with Gasteiger partial charge >= 0.3 is 6.18 Å². The second-order valence-corrected chi connectivity index (χ2v) is 11.3. The van der Waals surface area contributed by atoms with Crippen LogP contribution in [0.15, 0.2) is 71.8 Å². The number of fused-ring (bicyclic) bond motifs is 1. The third kappa shape index (κ3) is 5.77. The molecule has 0 saturated heterocycles. The SMILES string of the molecule is CCn1c(C(=O)c2ccc(C(F)(F)F)cn2)cc2cc(C(=O)NC(CO)c3ccc(S(=O)(=O)CC)cc3)ccc21. The summed E-state index contributed by atoms with van der Waals surface area (Å²) < 4.78 is 64.4. The number of rotatable bonds is 9. The van der Waals surface area contributed by atoms with Gasteiger partial charge in [-0.3, -0.25) is 14.6 Å². The molecule has 4 rings (SSSR count). The van der Waals surface area contributed by atoms with E-state index in [2.05, 4.69) is 10.3 Å². The first-order chi connectivity index (χ1) is 18.9. The Morgan fingerprint density at radius 3 is 2.27 bits per heavy atom. The summed E-state index contributed by atoms with van der Waals surface area (Å²) in [5, 5.41) is 13.2. The summed E-state index contributed by atoms with van der Waals surface area (Å²) in [6.07, 6.45) is -3.96. The van der Waals surface area contributed by atoms with Gasteiger partial charge in [-0.15, -0.1) is 0 Å². The van der Waals surface area contributed by atoms with Crippen LogP contribution in [0.1, 0.15) is 57.6 Å². The molecule has 2 N–H and O–H groups in total. The minimum Gasteiger partial charge on any atom is -0.394 e. The Bertz CT molecular complexity index is 1660. The van der Waals surface area contributed by atoms with Crippen molar-refractivity contribution in [1.29, 1.82) is 0 Å². The summed E-state index contributed by atoms with van der Waals surface area (Å²) in [5.74, 6) is -1.12. The van der Waals surface area contributed by atoms with E-state index in [0.717, 1.165) is 12.1 Å². The lowest BCUT2D eigenvalue weighted by Crippen LogP contribution is -2.30. The maximum absolute atomic E-state index is 13.1. The lowest BCUT2D eigenvalue weighted by atomic mass is 10.1. The number of ketones is 1. The Hall–Kier alpha value is -4.03. The number of nitrogens with zero attached hydrogens (tertiary/aromatic N) is 2. The van der Waals surface area contributed by atoms with Gasteiger partial charge in [0.15, 0.2) is 9.84 Å². The van der Waals surface area contributed by atoms with Crippen molar-refractivity contribution in [3.8, 4) is 0 Å². The molecule has 0 aliphatic rings. The van der Waals surface area contributed by atoms with Gasteiger partial charge < -0.3 is 15.0 Å². The van der Waals surface area contributed by atoms with Crippen LogP contribution in [0.4, 0.5) is 13.2 Å². The maximum atomic E-state index is 13.1. The number of benzene rings is 2. The molecule has 8 nitrogen and oxygen atoms in total. The van der Waals surface area contributed by atoms with Gasteiger partial charge in [-0.2, -0.15) is 13.2 Å². The number of halogens is 3. The number of pyridine rings is 1. The van der Waals surface area contributed by atoms with Crippen molar-refractivity contribution in [2.45, 2.75) is 37.5 Å². The molecule has 2 aromatic carbocycles. The molecule has 2 aromatic heterocycles. The zero-order valence-corrected chi connectivity index (χ0v) is 22.4. The summed E-state index contributed by atoms with van der Waals surface area (Å²) in [4.78, 5) is 30.0. The first-order valence-corrected chi connectivity index (χ1v) is 14.0. The standard InChI is InChI=1S/C28H26F3N3O5S/c1-3-34-24-12-7-18(27(37)33-23(16-35)17-5-9-21(10-6-17)40(38,39)4-2)13-19(24)14-25(34)26(36)22-11-8-20(15-32-22)28(29,30)31/h5-15,23,35H,3-4,16H2,1-2H3,(H,33,37). The molecule has 0 spiro atoms. The average Bonchev–Trinajstić information content (AvgIpc) is 3.33. The second kappa shape index (κ2) is 11.2. The molecule has 2 heterocycles. The predicted molar refractivity (Wildman–Crippen MR) is 142 cm³/mol. The lowest BCUT2D eigenvalue weighted by molar-refractivity contribution is -0.137. The van der Waals surface area contributed by atoms with Gasteiger partial charge in [0.1, 0.15) is 5.69 Å². The fourth-order valence-corrected chi connectivity index (χ4v) is 5.20. The highest BCUT2D eigenvalue weighted by Gasteiger charge is 2.31. The highest BCUT2D eigenvalue weighted by molar-refractivity contribution is 7.91. The monoisotopic (exact) mass is 573 g/mol. The third-order valence-corrected chi connectivity index (χ3v) is 8.30. The number of aliphatic hydroxyl groups is 1. The fourth-order valence-electron chi connectivity index (χ4n) is 4.32. The minimum absolute atomic E-state index is 0.0527. The summed E-state index contributed by atoms with van der Waals surface area (Å²) >= 11 is 0. The van der Waals surface area contributed by atoms with Gasteiger partial charge in [0.2, 0.25) is 5.78 Å². The molecular weight excluding hydrogens is 547 g/mol. The second-order valence-electron chi connectivity index (χ2n) is 8.99. The van der Waals surface area contributed by atoms with E-state index < -0.39 is 45.9 Å². The topological polar surface area (TPSA) is 118 Å². The number of carbonyl (C=O) groups excluding carboxylic acids is 2. The lowest BCUT2D eigenvalue weighted by Gasteiger charge is -2.17. The van der Waals surface area contributed by atoms with Crippen LogP contribution < -0.4 is 5.32 Å². The zero-order chi connectivity index (χ0) is 29.2. The van der Waals surface area contributed by atoms with E-state index in [4.69, 9.17) is 0 Å². The van der Waals surface area contributed by atoms with Crippen molar-refractivity contribution in [3.63, 3.8) is 0 Å². The van der Waals surface area contributed by atoms with Crippen molar-refractivity contribution >= 4 is 32.4 Å². The molecule has 40 heavy (non-hydrogen) atoms. The maximum Gasteiger partial charge on any atom is 0.417 e. The highest BCUT2D eigenvalue weighted by Crippen LogP contribution is 2.29. The molecule has 1 unspecified atom stereocenters. The van der Waals surface area contributed by atoms with Gasteiger partial charge in [0, 0.05) is 29.2 Å². The minimum atomic E-state index is -4.57. The van der Waals surface area contributed by atoms with Crippen molar-refractivity contribution in [3.05, 3.63) is 94.9 Å². The molecule has 0 aliphatic carbocycles. The van der Waals surface area contributed by atoms with Crippen LogP contribution in [0.5, 0.6) is 0 Å². The highest BCUT2D eigenvalue weighted by atomic mass is 32.2. The van der Waals surface area contributed by atoms with Gasteiger partial charge in [0.25, 0.3) is 5.91 Å². The van der Waals surface area contributed by atoms with Crippen LogP contribution in [0, 0.1) is 0 Å². The molecule has 1 amide bonds. The Morgan fingerprint density at radius 1 is 1.02 bits per heavy atom. The number of hydrogen-bond donors (Lipinski definition) is 2. The molecule has 210 valence electrons. The molecule has 0 bridgehead atoms. The number of sulfone groups is 1. The van der Waals surface area contributed by atoms with E-state index in [1.807, 2.05) is 0 Å². The van der Waals surface area contributed by atoms with E-state index >= 15 is 0 Å². The molecule has 4 aromatic rings. The van der Waals surface area contributed by atoms with Crippen LogP contribution in [-0.2, 0) is 22.6 Å². The number of aryl methyl sites for hydroxylation is 1. The van der Waals surface area contributed by atoms with Crippen molar-refractivity contribution in [1.82, 2.24) is 14.9 Å². The predicted octanol–water partition coefficient (Wildman–Crippen LogP) is 4.56. The van der Waals surface area contributed by atoms with Crippen LogP contribution in [0.25, 0.3) is 10.9 Å². The van der Waals surface area contributed by atoms with Gasteiger partial charge in [-0.05, 0) is 61.0 Å². The number of hydrogen-bond acceptors (Lipinski definition) is 6. The number of alkyl halides is 3. The summed E-state index contributed by atoms with van der Waals surface area (Å²) in [6.45, 7) is 3.29. The molecule has 0 aliphatic heterocycles. The largest absolute Gasteiger partial charge is 0.417 e. The van der Waals surface area contributed by atoms with Gasteiger partial charge in [0.05, 0.1) is 34.6 Å². The smallest absolute Gasteiger partial charge is 0.394 e. The summed E-state index contributed by atoms with van der Waals surface area (Å²) in [7, 11) is -3.39. The van der Waals surface area contributed by atoms with Crippen LogP contribution >= 0.6 is 0 Å². The summed E-state index contributed by atoms with van der Waals surface area (Å²) in [5.41, 5.74) is 0.501. The van der Waals surface area contributed by atoms with Crippen LogP contribution in [0.3, 0.4) is 0 Å². The molecule has 0 saturated carbocycles. The molecular formula is C28H26F3N3O5S. The molecule has 12 heteroatoms. The zero-order valence-electron chi connectivity index (χ0n) is 21.6. The van der Waals surface area contributed by atoms with Crippen molar-refractivity contribution in [2.24, 2.45) is 0 Å². The summed E-state index contributed by atoms with van der Waals surface area (Å²) in [6, 6.07) is 13.3. The van der Waals surface area contributed by atoms with Crippen LogP contribution in [-0.4, -0.2) is 47.1 Å². The quantitative estimate of drug-likeness (QED) is 0.284. The Balaban J connectivity index is 1.59. The molecule has 1 atom stereocenters. The first kappa shape index (κ1) is 29.0. The Morgan fingerprint density at radius 2 is 1.73 bits per heavy atom. The average molecular weight is 574 g/mol. The number of aliphatic hydroxyl groups excluding tert-OH is 1. The normalized spacial score (nSPS) is 12.8. The van der Waals surface area contributed by atoms with Crippen LogP contribution in [0.2, 0.25) is 0 Å². The number of carbonyl (C=O) groups is 2. The number of aromatic nitrogens is 2. The van der Waals surface area contributed by atoms with E-state index in [1.54, 1.807) is 35.8 Å². The third-order valence-electron chi connectivity index (χ3n) is 6.55. The van der Waals surface area contributed by atoms with E-state index in [0.29, 0.717) is 29.2 Å².